The Morgan fingerprint density at radius 3 is 2.67 bits per heavy atom. The number of nitriles is 1. The fraction of sp³-hybridized carbons (Fsp3) is 0. The number of nitrogens with one attached hydrogen (secondary N) is 1. The molecule has 0 radical (unpaired) electrons. The highest BCUT2D eigenvalue weighted by atomic mass is 32.1. The number of hydrogen-bond donors (Lipinski definition) is 1. The van der Waals surface area contributed by atoms with Gasteiger partial charge in [-0.25, -0.2) is 13.8 Å². The fourth-order valence-corrected chi connectivity index (χ4v) is 2.64. The fourth-order valence-electron chi connectivity index (χ4n) is 1.97. The number of benzene rings is 2. The van der Waals surface area contributed by atoms with Crippen LogP contribution in [0.5, 0.6) is 0 Å². The van der Waals surface area contributed by atoms with Gasteiger partial charge in [0.1, 0.15) is 6.07 Å². The van der Waals surface area contributed by atoms with E-state index in [1.807, 2.05) is 35.7 Å². The first-order valence-electron chi connectivity index (χ1n) is 6.87. The van der Waals surface area contributed by atoms with Gasteiger partial charge in [-0.15, -0.1) is 11.3 Å². The van der Waals surface area contributed by atoms with Crippen molar-refractivity contribution in [2.45, 2.75) is 0 Å². The monoisotopic (exact) mass is 340 g/mol. The normalized spacial score (nSPS) is 10.7. The maximum atomic E-state index is 13.7. The lowest BCUT2D eigenvalue weighted by Gasteiger charge is -1.99. The number of nitrogens with zero attached hydrogens (tertiary/aromatic N) is 3. The van der Waals surface area contributed by atoms with E-state index in [0.717, 1.165) is 17.5 Å². The third-order valence-corrected chi connectivity index (χ3v) is 3.92. The number of rotatable bonds is 4. The van der Waals surface area contributed by atoms with Gasteiger partial charge in [-0.3, -0.25) is 5.43 Å². The predicted octanol–water partition coefficient (Wildman–Crippen LogP) is 4.41. The van der Waals surface area contributed by atoms with Crippen LogP contribution < -0.4 is 5.43 Å². The first-order chi connectivity index (χ1) is 11.7. The lowest BCUT2D eigenvalue weighted by atomic mass is 10.1. The van der Waals surface area contributed by atoms with Gasteiger partial charge < -0.3 is 0 Å². The number of thiazole rings is 1. The first kappa shape index (κ1) is 15.8. The van der Waals surface area contributed by atoms with Crippen molar-refractivity contribution in [1.29, 1.82) is 5.26 Å². The van der Waals surface area contributed by atoms with Gasteiger partial charge in [-0.05, 0) is 12.1 Å². The number of aromatic nitrogens is 1. The van der Waals surface area contributed by atoms with Gasteiger partial charge >= 0.3 is 0 Å². The molecule has 118 valence electrons. The third-order valence-electron chi connectivity index (χ3n) is 3.17. The summed E-state index contributed by atoms with van der Waals surface area (Å²) in [5, 5.41) is 14.9. The summed E-state index contributed by atoms with van der Waals surface area (Å²) in [6, 6.07) is 13.7. The SMILES string of the molecule is N#Cc1ccc(C=NNc2nc(-c3ccccc3)cs2)c(F)c1F. The summed E-state index contributed by atoms with van der Waals surface area (Å²) in [4.78, 5) is 4.36. The molecule has 3 rings (SSSR count). The van der Waals surface area contributed by atoms with Crippen LogP contribution in [0.25, 0.3) is 11.3 Å². The van der Waals surface area contributed by atoms with Gasteiger partial charge in [0, 0.05) is 16.5 Å². The first-order valence-corrected chi connectivity index (χ1v) is 7.75. The Morgan fingerprint density at radius 2 is 1.92 bits per heavy atom. The molecular formula is C17H10F2N4S. The number of hydrogen-bond acceptors (Lipinski definition) is 5. The minimum absolute atomic E-state index is 0.0566. The van der Waals surface area contributed by atoms with E-state index >= 15 is 0 Å². The van der Waals surface area contributed by atoms with E-state index in [-0.39, 0.29) is 11.1 Å². The highest BCUT2D eigenvalue weighted by Gasteiger charge is 2.11. The Hall–Kier alpha value is -3.11. The van der Waals surface area contributed by atoms with Crippen LogP contribution in [-0.4, -0.2) is 11.2 Å². The largest absolute Gasteiger partial charge is 0.253 e. The topological polar surface area (TPSA) is 61.1 Å². The predicted molar refractivity (Wildman–Crippen MR) is 89.8 cm³/mol. The van der Waals surface area contributed by atoms with Crippen molar-refractivity contribution in [2.24, 2.45) is 5.10 Å². The minimum Gasteiger partial charge on any atom is -0.253 e. The van der Waals surface area contributed by atoms with Crippen LogP contribution >= 0.6 is 11.3 Å². The van der Waals surface area contributed by atoms with Crippen LogP contribution in [-0.2, 0) is 0 Å². The average Bonchev–Trinajstić information content (AvgIpc) is 3.08. The second-order valence-corrected chi connectivity index (χ2v) is 5.57. The maximum Gasteiger partial charge on any atom is 0.203 e. The van der Waals surface area contributed by atoms with Gasteiger partial charge in [-0.2, -0.15) is 10.4 Å². The summed E-state index contributed by atoms with van der Waals surface area (Å²) in [7, 11) is 0. The molecule has 0 aliphatic carbocycles. The molecule has 0 bridgehead atoms. The third kappa shape index (κ3) is 3.29. The standard InChI is InChI=1S/C17H10F2N4S/c18-15-12(8-20)6-7-13(16(15)19)9-21-23-17-22-14(10-24-17)11-4-2-1-3-5-11/h1-7,9-10H,(H,22,23). The van der Waals surface area contributed by atoms with Crippen molar-refractivity contribution in [2.75, 3.05) is 5.43 Å². The molecule has 0 fully saturated rings. The molecule has 24 heavy (non-hydrogen) atoms. The highest BCUT2D eigenvalue weighted by molar-refractivity contribution is 7.14. The molecule has 0 unspecified atom stereocenters. The van der Waals surface area contributed by atoms with Crippen LogP contribution in [0.1, 0.15) is 11.1 Å². The van der Waals surface area contributed by atoms with E-state index in [1.54, 1.807) is 6.07 Å². The molecule has 4 nitrogen and oxygen atoms in total. The highest BCUT2D eigenvalue weighted by Crippen LogP contribution is 2.24. The summed E-state index contributed by atoms with van der Waals surface area (Å²) in [6.07, 6.45) is 1.14. The van der Waals surface area contributed by atoms with Gasteiger partial charge in [0.2, 0.25) is 5.13 Å². The van der Waals surface area contributed by atoms with Gasteiger partial charge in [0.25, 0.3) is 0 Å². The Labute approximate surface area is 140 Å². The number of hydrazone groups is 1. The van der Waals surface area contributed by atoms with Crippen LogP contribution in [0.2, 0.25) is 0 Å². The zero-order valence-corrected chi connectivity index (χ0v) is 13.0. The molecule has 3 aromatic rings. The van der Waals surface area contributed by atoms with Crippen molar-refractivity contribution < 1.29 is 8.78 Å². The summed E-state index contributed by atoms with van der Waals surface area (Å²) < 4.78 is 27.3. The molecule has 0 saturated heterocycles. The molecule has 0 spiro atoms. The second kappa shape index (κ2) is 6.98. The van der Waals surface area contributed by atoms with Crippen molar-refractivity contribution in [3.8, 4) is 17.3 Å². The van der Waals surface area contributed by atoms with E-state index in [2.05, 4.69) is 15.5 Å². The molecule has 1 aromatic heterocycles. The van der Waals surface area contributed by atoms with E-state index in [1.165, 1.54) is 23.5 Å². The van der Waals surface area contributed by atoms with Crippen molar-refractivity contribution >= 4 is 22.7 Å². The van der Waals surface area contributed by atoms with Crippen LogP contribution in [0, 0.1) is 23.0 Å². The van der Waals surface area contributed by atoms with E-state index in [4.69, 9.17) is 5.26 Å². The lowest BCUT2D eigenvalue weighted by Crippen LogP contribution is -1.98. The lowest BCUT2D eigenvalue weighted by molar-refractivity contribution is 0.505. The number of anilines is 1. The molecule has 0 saturated carbocycles. The van der Waals surface area contributed by atoms with Crippen molar-refractivity contribution in [3.05, 3.63) is 70.6 Å². The molecule has 2 aromatic carbocycles. The second-order valence-electron chi connectivity index (χ2n) is 4.72. The summed E-state index contributed by atoms with van der Waals surface area (Å²) >= 11 is 1.35. The van der Waals surface area contributed by atoms with E-state index in [9.17, 15) is 8.78 Å². The quantitative estimate of drug-likeness (QED) is 0.565. The van der Waals surface area contributed by atoms with E-state index in [0.29, 0.717) is 5.13 Å². The molecule has 0 aliphatic rings. The Bertz CT molecular complexity index is 930. The minimum atomic E-state index is -1.18. The van der Waals surface area contributed by atoms with Crippen LogP contribution in [0.3, 0.4) is 0 Å². The Morgan fingerprint density at radius 1 is 1.12 bits per heavy atom. The van der Waals surface area contributed by atoms with E-state index < -0.39 is 11.6 Å². The summed E-state index contributed by atoms with van der Waals surface area (Å²) in [6.45, 7) is 0. The molecule has 0 amide bonds. The zero-order chi connectivity index (χ0) is 16.9. The Kier molecular flexibility index (Phi) is 4.59. The molecule has 0 atom stereocenters. The van der Waals surface area contributed by atoms with Gasteiger partial charge in [-0.1, -0.05) is 30.3 Å². The smallest absolute Gasteiger partial charge is 0.203 e. The molecule has 1 heterocycles. The van der Waals surface area contributed by atoms with Gasteiger partial charge in [0.15, 0.2) is 11.6 Å². The van der Waals surface area contributed by atoms with Crippen molar-refractivity contribution in [1.82, 2.24) is 4.98 Å². The summed E-state index contributed by atoms with van der Waals surface area (Å²) in [5.41, 5.74) is 4.06. The molecule has 7 heteroatoms. The molecule has 0 aliphatic heterocycles. The van der Waals surface area contributed by atoms with Crippen LogP contribution in [0.15, 0.2) is 52.9 Å². The number of halogens is 2. The summed E-state index contributed by atoms with van der Waals surface area (Å²) in [5.74, 6) is -2.29. The molecular weight excluding hydrogens is 330 g/mol. The van der Waals surface area contributed by atoms with Gasteiger partial charge in [0.05, 0.1) is 17.5 Å². The maximum absolute atomic E-state index is 13.7. The van der Waals surface area contributed by atoms with Crippen molar-refractivity contribution in [3.63, 3.8) is 0 Å². The van der Waals surface area contributed by atoms with Crippen LogP contribution in [0.4, 0.5) is 13.9 Å². The average molecular weight is 340 g/mol. The molecule has 1 N–H and O–H groups in total. The zero-order valence-electron chi connectivity index (χ0n) is 12.2. The Balaban J connectivity index is 1.73.